The van der Waals surface area contributed by atoms with Gasteiger partial charge in [0.15, 0.2) is 0 Å². The van der Waals surface area contributed by atoms with Gasteiger partial charge in [-0.25, -0.2) is 0 Å². The van der Waals surface area contributed by atoms with Gasteiger partial charge in [-0.3, -0.25) is 0 Å². The summed E-state index contributed by atoms with van der Waals surface area (Å²) < 4.78 is 7.83. The van der Waals surface area contributed by atoms with Crippen molar-refractivity contribution in [3.63, 3.8) is 0 Å². The van der Waals surface area contributed by atoms with Crippen LogP contribution in [0.25, 0.3) is 0 Å². The van der Waals surface area contributed by atoms with E-state index in [1.165, 1.54) is 3.57 Å². The van der Waals surface area contributed by atoms with E-state index in [0.29, 0.717) is 0 Å². The molecule has 0 saturated carbocycles. The van der Waals surface area contributed by atoms with Gasteiger partial charge in [0.2, 0.25) is 0 Å². The Bertz CT molecular complexity index is 625. The van der Waals surface area contributed by atoms with E-state index in [2.05, 4.69) is 75.8 Å². The maximum absolute atomic E-state index is 6.71. The smallest absolute Gasteiger partial charge is 0.127 e. The summed E-state index contributed by atoms with van der Waals surface area (Å²) in [6.45, 7) is 4.09. The van der Waals surface area contributed by atoms with Gasteiger partial charge in [0.1, 0.15) is 5.75 Å². The fourth-order valence-corrected chi connectivity index (χ4v) is 3.57. The van der Waals surface area contributed by atoms with Gasteiger partial charge in [-0.2, -0.15) is 0 Å². The van der Waals surface area contributed by atoms with Crippen LogP contribution >= 0.6 is 50.1 Å². The predicted molar refractivity (Wildman–Crippen MR) is 97.0 cm³/mol. The van der Waals surface area contributed by atoms with E-state index in [4.69, 9.17) is 16.3 Å². The lowest BCUT2D eigenvalue weighted by atomic mass is 9.96. The van der Waals surface area contributed by atoms with Gasteiger partial charge in [0, 0.05) is 13.6 Å². The Balaban J connectivity index is 2.58. The molecular weight excluding hydrogens is 450 g/mol. The van der Waals surface area contributed by atoms with Crippen LogP contribution in [0.4, 0.5) is 0 Å². The Morgan fingerprint density at radius 1 is 1.20 bits per heavy atom. The number of methoxy groups -OCH3 is 1. The van der Waals surface area contributed by atoms with Crippen molar-refractivity contribution in [1.29, 1.82) is 0 Å². The van der Waals surface area contributed by atoms with Crippen LogP contribution in [0, 0.1) is 17.4 Å². The van der Waals surface area contributed by atoms with E-state index in [1.54, 1.807) is 7.11 Å². The molecule has 1 atom stereocenters. The maximum atomic E-state index is 6.71. The number of aryl methyl sites for hydroxylation is 1. The average molecular weight is 466 g/mol. The van der Waals surface area contributed by atoms with Gasteiger partial charge >= 0.3 is 0 Å². The van der Waals surface area contributed by atoms with E-state index in [1.807, 2.05) is 6.92 Å². The van der Waals surface area contributed by atoms with Gasteiger partial charge in [0.25, 0.3) is 0 Å². The summed E-state index contributed by atoms with van der Waals surface area (Å²) >= 11 is 12.6. The monoisotopic (exact) mass is 464 g/mol. The number of hydrogen-bond donors (Lipinski definition) is 0. The molecule has 20 heavy (non-hydrogen) atoms. The standard InChI is InChI=1S/C16H15BrClIO/c1-9-8-13(17)10(2)14(16(9)20-3)15(18)11-4-6-12(19)7-5-11/h4-8,15H,1-3H3. The molecule has 0 amide bonds. The molecule has 2 aromatic carbocycles. The van der Waals surface area contributed by atoms with Crippen LogP contribution in [0.3, 0.4) is 0 Å². The molecule has 0 bridgehead atoms. The van der Waals surface area contributed by atoms with E-state index in [0.717, 1.165) is 32.5 Å². The molecule has 2 rings (SSSR count). The van der Waals surface area contributed by atoms with Crippen molar-refractivity contribution in [2.24, 2.45) is 0 Å². The van der Waals surface area contributed by atoms with Crippen LogP contribution in [0.5, 0.6) is 5.75 Å². The third kappa shape index (κ3) is 3.15. The van der Waals surface area contributed by atoms with Gasteiger partial charge in [0.05, 0.1) is 12.5 Å². The summed E-state index contributed by atoms with van der Waals surface area (Å²) in [6, 6.07) is 10.3. The SMILES string of the molecule is COc1c(C)cc(Br)c(C)c1C(Cl)c1ccc(I)cc1. The Labute approximate surface area is 146 Å². The molecule has 2 aromatic rings. The number of ether oxygens (including phenoxy) is 1. The van der Waals surface area contributed by atoms with Crippen molar-refractivity contribution in [2.75, 3.05) is 7.11 Å². The zero-order valence-electron chi connectivity index (χ0n) is 11.5. The van der Waals surface area contributed by atoms with Crippen LogP contribution in [-0.2, 0) is 0 Å². The van der Waals surface area contributed by atoms with E-state index < -0.39 is 0 Å². The van der Waals surface area contributed by atoms with E-state index >= 15 is 0 Å². The van der Waals surface area contributed by atoms with E-state index in [9.17, 15) is 0 Å². The van der Waals surface area contributed by atoms with Crippen molar-refractivity contribution >= 4 is 50.1 Å². The highest BCUT2D eigenvalue weighted by molar-refractivity contribution is 14.1. The number of hydrogen-bond acceptors (Lipinski definition) is 1. The number of rotatable bonds is 3. The fourth-order valence-electron chi connectivity index (χ4n) is 2.25. The maximum Gasteiger partial charge on any atom is 0.127 e. The minimum Gasteiger partial charge on any atom is -0.496 e. The van der Waals surface area contributed by atoms with Gasteiger partial charge in [-0.05, 0) is 71.3 Å². The molecule has 0 aliphatic rings. The lowest BCUT2D eigenvalue weighted by Gasteiger charge is -2.20. The summed E-state index contributed by atoms with van der Waals surface area (Å²) in [5, 5.41) is -0.224. The first-order chi connectivity index (χ1) is 9.45. The molecule has 4 heteroatoms. The molecule has 1 unspecified atom stereocenters. The Kier molecular flexibility index (Phi) is 5.37. The second kappa shape index (κ2) is 6.67. The predicted octanol–water partition coefficient (Wildman–Crippen LogP) is 6.01. The van der Waals surface area contributed by atoms with Crippen LogP contribution in [0.2, 0.25) is 0 Å². The summed E-state index contributed by atoms with van der Waals surface area (Å²) in [5.41, 5.74) is 4.30. The minimum atomic E-state index is -0.224. The molecule has 0 N–H and O–H groups in total. The van der Waals surface area contributed by atoms with Crippen molar-refractivity contribution < 1.29 is 4.74 Å². The van der Waals surface area contributed by atoms with Gasteiger partial charge < -0.3 is 4.74 Å². The zero-order chi connectivity index (χ0) is 14.9. The zero-order valence-corrected chi connectivity index (χ0v) is 16.0. The molecule has 0 radical (unpaired) electrons. The summed E-state index contributed by atoms with van der Waals surface area (Å²) in [7, 11) is 1.69. The van der Waals surface area contributed by atoms with Crippen LogP contribution in [0.15, 0.2) is 34.8 Å². The molecule has 0 saturated heterocycles. The second-order valence-corrected chi connectivity index (χ2v) is 7.20. The molecule has 1 nitrogen and oxygen atoms in total. The van der Waals surface area contributed by atoms with Crippen molar-refractivity contribution in [3.8, 4) is 5.75 Å². The fraction of sp³-hybridized carbons (Fsp3) is 0.250. The molecule has 106 valence electrons. The molecule has 0 aromatic heterocycles. The summed E-state index contributed by atoms with van der Waals surface area (Å²) in [4.78, 5) is 0. The third-order valence-corrected chi connectivity index (χ3v) is 5.34. The molecule has 0 heterocycles. The Morgan fingerprint density at radius 2 is 1.80 bits per heavy atom. The number of halogens is 3. The van der Waals surface area contributed by atoms with E-state index in [-0.39, 0.29) is 5.38 Å². The van der Waals surface area contributed by atoms with Crippen LogP contribution in [0.1, 0.15) is 27.6 Å². The third-order valence-electron chi connectivity index (χ3n) is 3.33. The molecule has 0 spiro atoms. The van der Waals surface area contributed by atoms with Crippen LogP contribution in [-0.4, -0.2) is 7.11 Å². The molecular formula is C16H15BrClIO. The number of benzene rings is 2. The van der Waals surface area contributed by atoms with Crippen molar-refractivity contribution in [3.05, 3.63) is 60.6 Å². The highest BCUT2D eigenvalue weighted by Gasteiger charge is 2.21. The van der Waals surface area contributed by atoms with Gasteiger partial charge in [-0.15, -0.1) is 11.6 Å². The van der Waals surface area contributed by atoms with Gasteiger partial charge in [-0.1, -0.05) is 28.1 Å². The number of alkyl halides is 1. The Hall–Kier alpha value is -0.260. The quantitative estimate of drug-likeness (QED) is 0.399. The molecule has 0 aliphatic carbocycles. The van der Waals surface area contributed by atoms with Crippen molar-refractivity contribution in [1.82, 2.24) is 0 Å². The summed E-state index contributed by atoms with van der Waals surface area (Å²) in [5.74, 6) is 0.865. The lowest BCUT2D eigenvalue weighted by Crippen LogP contribution is -2.03. The highest BCUT2D eigenvalue weighted by Crippen LogP contribution is 2.41. The van der Waals surface area contributed by atoms with Crippen molar-refractivity contribution in [2.45, 2.75) is 19.2 Å². The highest BCUT2D eigenvalue weighted by atomic mass is 127. The minimum absolute atomic E-state index is 0.224. The Morgan fingerprint density at radius 3 is 2.35 bits per heavy atom. The first-order valence-electron chi connectivity index (χ1n) is 6.18. The summed E-state index contributed by atoms with van der Waals surface area (Å²) in [6.07, 6.45) is 0. The normalized spacial score (nSPS) is 12.3. The van der Waals surface area contributed by atoms with Crippen LogP contribution < -0.4 is 4.74 Å². The first kappa shape index (κ1) is 16.1. The molecule has 0 fully saturated rings. The lowest BCUT2D eigenvalue weighted by molar-refractivity contribution is 0.406. The first-order valence-corrected chi connectivity index (χ1v) is 8.49. The second-order valence-electron chi connectivity index (χ2n) is 4.66. The molecule has 0 aliphatic heterocycles. The average Bonchev–Trinajstić information content (AvgIpc) is 2.42. The largest absolute Gasteiger partial charge is 0.496 e. The topological polar surface area (TPSA) is 9.23 Å².